The zero-order valence-electron chi connectivity index (χ0n) is 9.56. The van der Waals surface area contributed by atoms with Crippen LogP contribution in [0.5, 0.6) is 0 Å². The second kappa shape index (κ2) is 5.26. The van der Waals surface area contributed by atoms with Crippen LogP contribution in [0.25, 0.3) is 0 Å². The van der Waals surface area contributed by atoms with E-state index in [1.54, 1.807) is 6.07 Å². The summed E-state index contributed by atoms with van der Waals surface area (Å²) >= 11 is 0. The zero-order chi connectivity index (χ0) is 12.3. The molecule has 0 radical (unpaired) electrons. The Kier molecular flexibility index (Phi) is 3.72. The highest BCUT2D eigenvalue weighted by atomic mass is 19.1. The molecule has 0 aliphatic carbocycles. The number of likely N-dealkylation sites (tertiary alicyclic amines) is 1. The molecule has 0 bridgehead atoms. The van der Waals surface area contributed by atoms with Crippen LogP contribution in [0.1, 0.15) is 24.0 Å². The van der Waals surface area contributed by atoms with Gasteiger partial charge in [-0.25, -0.2) is 4.39 Å². The van der Waals surface area contributed by atoms with E-state index in [1.165, 1.54) is 12.1 Å². The molecule has 1 heterocycles. The summed E-state index contributed by atoms with van der Waals surface area (Å²) in [6.07, 6.45) is 1.33. The van der Waals surface area contributed by atoms with Crippen molar-refractivity contribution < 1.29 is 9.50 Å². The lowest BCUT2D eigenvalue weighted by Gasteiger charge is -2.29. The second-order valence-corrected chi connectivity index (χ2v) is 4.47. The minimum atomic E-state index is -0.365. The summed E-state index contributed by atoms with van der Waals surface area (Å²) < 4.78 is 13.2. The third-order valence-electron chi connectivity index (χ3n) is 3.05. The molecule has 17 heavy (non-hydrogen) atoms. The zero-order valence-corrected chi connectivity index (χ0v) is 9.56. The van der Waals surface area contributed by atoms with Crippen LogP contribution in [0.3, 0.4) is 0 Å². The summed E-state index contributed by atoms with van der Waals surface area (Å²) in [7, 11) is 0. The van der Waals surface area contributed by atoms with Gasteiger partial charge >= 0.3 is 0 Å². The van der Waals surface area contributed by atoms with Gasteiger partial charge in [-0.15, -0.1) is 0 Å². The predicted molar refractivity (Wildman–Crippen MR) is 61.6 cm³/mol. The molecule has 1 fully saturated rings. The van der Waals surface area contributed by atoms with Gasteiger partial charge in [0, 0.05) is 19.6 Å². The van der Waals surface area contributed by atoms with E-state index in [0.29, 0.717) is 12.1 Å². The number of nitriles is 1. The van der Waals surface area contributed by atoms with Gasteiger partial charge in [-0.1, -0.05) is 0 Å². The highest BCUT2D eigenvalue weighted by molar-refractivity contribution is 5.33. The van der Waals surface area contributed by atoms with Crippen LogP contribution in [0, 0.1) is 17.1 Å². The molecule has 1 aromatic carbocycles. The maximum Gasteiger partial charge on any atom is 0.124 e. The predicted octanol–water partition coefficient (Wildman–Crippen LogP) is 1.65. The second-order valence-electron chi connectivity index (χ2n) is 4.47. The largest absolute Gasteiger partial charge is 0.393 e. The molecule has 0 atom stereocenters. The number of hydrogen-bond acceptors (Lipinski definition) is 3. The molecule has 0 amide bonds. The Bertz CT molecular complexity index is 434. The highest BCUT2D eigenvalue weighted by Crippen LogP contribution is 2.15. The molecule has 1 aromatic rings. The topological polar surface area (TPSA) is 47.3 Å². The van der Waals surface area contributed by atoms with Crippen LogP contribution in [0.2, 0.25) is 0 Å². The van der Waals surface area contributed by atoms with Crippen molar-refractivity contribution >= 4 is 0 Å². The Morgan fingerprint density at radius 3 is 2.71 bits per heavy atom. The number of rotatable bonds is 2. The number of nitrogens with zero attached hydrogens (tertiary/aromatic N) is 2. The van der Waals surface area contributed by atoms with E-state index in [0.717, 1.165) is 31.5 Å². The van der Waals surface area contributed by atoms with Gasteiger partial charge in [0.2, 0.25) is 0 Å². The summed E-state index contributed by atoms with van der Waals surface area (Å²) in [6, 6.07) is 6.37. The minimum absolute atomic E-state index is 0.201. The van der Waals surface area contributed by atoms with Crippen molar-refractivity contribution in [2.45, 2.75) is 25.5 Å². The molecule has 0 aromatic heterocycles. The van der Waals surface area contributed by atoms with Gasteiger partial charge in [0.25, 0.3) is 0 Å². The standard InChI is InChI=1S/C13H15FN2O/c14-12-6-10(8-15)5-11(7-12)9-16-3-1-13(17)2-4-16/h5-7,13,17H,1-4,9H2. The maximum atomic E-state index is 13.2. The molecule has 3 nitrogen and oxygen atoms in total. The van der Waals surface area contributed by atoms with Crippen molar-refractivity contribution in [2.24, 2.45) is 0 Å². The van der Waals surface area contributed by atoms with Crippen LogP contribution >= 0.6 is 0 Å². The minimum Gasteiger partial charge on any atom is -0.393 e. The summed E-state index contributed by atoms with van der Waals surface area (Å²) in [4.78, 5) is 2.17. The Labute approximate surface area is 100 Å². The van der Waals surface area contributed by atoms with Gasteiger partial charge in [0.1, 0.15) is 5.82 Å². The van der Waals surface area contributed by atoms with Gasteiger partial charge in [-0.05, 0) is 36.6 Å². The van der Waals surface area contributed by atoms with Gasteiger partial charge in [-0.3, -0.25) is 4.90 Å². The third kappa shape index (κ3) is 3.26. The third-order valence-corrected chi connectivity index (χ3v) is 3.05. The van der Waals surface area contributed by atoms with Crippen molar-refractivity contribution in [3.05, 3.63) is 35.1 Å². The molecule has 4 heteroatoms. The van der Waals surface area contributed by atoms with Crippen molar-refractivity contribution in [3.8, 4) is 6.07 Å². The Morgan fingerprint density at radius 2 is 2.06 bits per heavy atom. The number of halogens is 1. The number of benzene rings is 1. The van der Waals surface area contributed by atoms with Crippen molar-refractivity contribution in [1.82, 2.24) is 4.90 Å². The van der Waals surface area contributed by atoms with Gasteiger partial charge in [0.05, 0.1) is 17.7 Å². The Hall–Kier alpha value is -1.44. The molecule has 90 valence electrons. The lowest BCUT2D eigenvalue weighted by molar-refractivity contribution is 0.0792. The van der Waals surface area contributed by atoms with Crippen molar-refractivity contribution in [2.75, 3.05) is 13.1 Å². The summed E-state index contributed by atoms with van der Waals surface area (Å²) in [5, 5.41) is 18.2. The Balaban J connectivity index is 2.03. The average Bonchev–Trinajstić information content (AvgIpc) is 2.31. The molecular weight excluding hydrogens is 219 g/mol. The maximum absolute atomic E-state index is 13.2. The fourth-order valence-corrected chi connectivity index (χ4v) is 2.14. The SMILES string of the molecule is N#Cc1cc(F)cc(CN2CCC(O)CC2)c1. The first kappa shape index (κ1) is 12.0. The monoisotopic (exact) mass is 234 g/mol. The molecule has 1 N–H and O–H groups in total. The summed E-state index contributed by atoms with van der Waals surface area (Å²) in [5.41, 5.74) is 1.18. The summed E-state index contributed by atoms with van der Waals surface area (Å²) in [5.74, 6) is -0.365. The van der Waals surface area contributed by atoms with Crippen molar-refractivity contribution in [1.29, 1.82) is 5.26 Å². The van der Waals surface area contributed by atoms with Gasteiger partial charge < -0.3 is 5.11 Å². The molecule has 1 aliphatic heterocycles. The number of aliphatic hydroxyl groups is 1. The van der Waals surface area contributed by atoms with E-state index < -0.39 is 0 Å². The quantitative estimate of drug-likeness (QED) is 0.846. The number of aliphatic hydroxyl groups excluding tert-OH is 1. The number of piperidine rings is 1. The van der Waals surface area contributed by atoms with Crippen LogP contribution in [-0.2, 0) is 6.54 Å². The van der Waals surface area contributed by atoms with E-state index in [-0.39, 0.29) is 11.9 Å². The fourth-order valence-electron chi connectivity index (χ4n) is 2.14. The van der Waals surface area contributed by atoms with Crippen LogP contribution in [-0.4, -0.2) is 29.2 Å². The molecule has 1 aliphatic rings. The average molecular weight is 234 g/mol. The fraction of sp³-hybridized carbons (Fsp3) is 0.462. The molecule has 0 unspecified atom stereocenters. The molecule has 0 spiro atoms. The van der Waals surface area contributed by atoms with E-state index in [9.17, 15) is 9.50 Å². The normalized spacial score (nSPS) is 17.9. The first-order valence-corrected chi connectivity index (χ1v) is 5.77. The van der Waals surface area contributed by atoms with Gasteiger partial charge in [-0.2, -0.15) is 5.26 Å². The molecule has 2 rings (SSSR count). The molecule has 1 saturated heterocycles. The van der Waals surface area contributed by atoms with E-state index in [2.05, 4.69) is 4.90 Å². The highest BCUT2D eigenvalue weighted by Gasteiger charge is 2.17. The smallest absolute Gasteiger partial charge is 0.124 e. The van der Waals surface area contributed by atoms with Gasteiger partial charge in [0.15, 0.2) is 0 Å². The molecule has 0 saturated carbocycles. The van der Waals surface area contributed by atoms with E-state index in [1.807, 2.05) is 6.07 Å². The summed E-state index contributed by atoms with van der Waals surface area (Å²) in [6.45, 7) is 2.28. The van der Waals surface area contributed by atoms with E-state index >= 15 is 0 Å². The van der Waals surface area contributed by atoms with Crippen LogP contribution in [0.4, 0.5) is 4.39 Å². The Morgan fingerprint density at radius 1 is 1.35 bits per heavy atom. The molecular formula is C13H15FN2O. The van der Waals surface area contributed by atoms with E-state index in [4.69, 9.17) is 5.26 Å². The lowest BCUT2D eigenvalue weighted by Crippen LogP contribution is -2.35. The van der Waals surface area contributed by atoms with Crippen LogP contribution in [0.15, 0.2) is 18.2 Å². The van der Waals surface area contributed by atoms with Crippen molar-refractivity contribution in [3.63, 3.8) is 0 Å². The number of hydrogen-bond donors (Lipinski definition) is 1. The lowest BCUT2D eigenvalue weighted by atomic mass is 10.1. The first-order valence-electron chi connectivity index (χ1n) is 5.77. The first-order chi connectivity index (χ1) is 8.17. The van der Waals surface area contributed by atoms with Crippen LogP contribution < -0.4 is 0 Å².